The van der Waals surface area contributed by atoms with Crippen LogP contribution in [0.1, 0.15) is 107 Å². The molecule has 5 atom stereocenters. The molecule has 308 valence electrons. The Hall–Kier alpha value is -5.75. The molecule has 3 aliphatic rings. The Bertz CT molecular complexity index is 2230. The molecule has 4 N–H and O–H groups in total. The molecule has 3 unspecified atom stereocenters. The van der Waals surface area contributed by atoms with Crippen molar-refractivity contribution in [3.8, 4) is 33.6 Å². The fraction of sp³-hybridized carbons (Fsp3) is 0.426. The van der Waals surface area contributed by atoms with Crippen molar-refractivity contribution in [3.63, 3.8) is 0 Å². The molecule has 0 bridgehead atoms. The van der Waals surface area contributed by atoms with Crippen molar-refractivity contribution in [3.05, 3.63) is 108 Å². The van der Waals surface area contributed by atoms with Gasteiger partial charge in [0.05, 0.1) is 41.8 Å². The molecule has 3 aromatic carbocycles. The second-order valence-electron chi connectivity index (χ2n) is 16.5. The summed E-state index contributed by atoms with van der Waals surface area (Å²) in [5, 5.41) is 0. The van der Waals surface area contributed by atoms with E-state index < -0.39 is 17.6 Å². The number of hydrogen-bond donors (Lipinski definition) is 3. The minimum Gasteiger partial charge on any atom is -0.443 e. The van der Waals surface area contributed by atoms with Crippen molar-refractivity contribution in [2.45, 2.75) is 95.9 Å². The second kappa shape index (κ2) is 17.2. The van der Waals surface area contributed by atoms with Gasteiger partial charge in [-0.2, -0.15) is 0 Å². The Morgan fingerprint density at radius 1 is 0.746 bits per heavy atom. The van der Waals surface area contributed by atoms with E-state index in [2.05, 4.69) is 89.4 Å². The maximum Gasteiger partial charge on any atom is 0.405 e. The molecule has 59 heavy (non-hydrogen) atoms. The summed E-state index contributed by atoms with van der Waals surface area (Å²) < 4.78 is 5.55. The standard InChI is InChI=1S/C47H56N8O4/c1-4-53(5-2)41(35-13-7-6-8-14-35)45(57)55-28-12-17-40(55)43-50-30-38(52-43)34-24-20-32(21-25-34)31-18-22-33(23-19-31)37-29-49-42(51-37)39-16-11-27-54(39)44(56)36-15-9-10-26-47(36,3)59-46(48)58/h6-8,13-14,18-25,29-30,36,39-41H,4-5,9-12,15-17,26-28H2,1-3H3,(H2,48,58)(H,49,51)(H,50,52)/t36-,39?,40?,41?,47-/m1/s1. The first kappa shape index (κ1) is 40.0. The Labute approximate surface area is 346 Å². The van der Waals surface area contributed by atoms with Crippen LogP contribution in [0.4, 0.5) is 4.79 Å². The molecule has 0 spiro atoms. The van der Waals surface area contributed by atoms with Crippen LogP contribution in [-0.2, 0) is 14.3 Å². The average molecular weight is 797 g/mol. The van der Waals surface area contributed by atoms with E-state index in [1.165, 1.54) is 0 Å². The van der Waals surface area contributed by atoms with Crippen LogP contribution in [0.15, 0.2) is 91.3 Å². The molecular weight excluding hydrogens is 741 g/mol. The number of nitrogens with one attached hydrogen (secondary N) is 2. The first-order valence-corrected chi connectivity index (χ1v) is 21.4. The number of H-pyrrole nitrogens is 2. The molecular formula is C47H56N8O4. The van der Waals surface area contributed by atoms with Crippen LogP contribution in [0.25, 0.3) is 33.6 Å². The summed E-state index contributed by atoms with van der Waals surface area (Å²) in [4.78, 5) is 62.7. The second-order valence-corrected chi connectivity index (χ2v) is 16.5. The van der Waals surface area contributed by atoms with E-state index in [1.54, 1.807) is 0 Å². The van der Waals surface area contributed by atoms with Crippen LogP contribution >= 0.6 is 0 Å². The van der Waals surface area contributed by atoms with Gasteiger partial charge in [-0.3, -0.25) is 14.5 Å². The molecule has 1 aliphatic carbocycles. The van der Waals surface area contributed by atoms with Crippen LogP contribution in [0.5, 0.6) is 0 Å². The van der Waals surface area contributed by atoms with Gasteiger partial charge in [0.2, 0.25) is 11.8 Å². The maximum atomic E-state index is 14.2. The predicted octanol–water partition coefficient (Wildman–Crippen LogP) is 8.59. The summed E-state index contributed by atoms with van der Waals surface area (Å²) in [6, 6.07) is 26.4. The Balaban J connectivity index is 0.926. The lowest BCUT2D eigenvalue weighted by Crippen LogP contribution is -2.51. The number of ether oxygens (including phenoxy) is 1. The lowest BCUT2D eigenvalue weighted by Gasteiger charge is -2.41. The SMILES string of the molecule is CCN(CC)C(C(=O)N1CCCC1c1ncc(-c2ccc(-c3ccc(-c4cnc(C5CCCN5C(=O)[C@H]5CCCC[C@@]5(C)OC(N)=O)[nH]4)cc3)cc2)[nH]1)c1ccccc1. The van der Waals surface area contributed by atoms with Crippen LogP contribution in [-0.4, -0.2) is 84.3 Å². The maximum absolute atomic E-state index is 14.2. The highest BCUT2D eigenvalue weighted by atomic mass is 16.6. The summed E-state index contributed by atoms with van der Waals surface area (Å²) >= 11 is 0. The number of nitrogens with zero attached hydrogens (tertiary/aromatic N) is 5. The number of aromatic nitrogens is 4. The van der Waals surface area contributed by atoms with Crippen molar-refractivity contribution in [1.82, 2.24) is 34.6 Å². The summed E-state index contributed by atoms with van der Waals surface area (Å²) in [5.74, 6) is 1.31. The fourth-order valence-electron chi connectivity index (χ4n) is 9.75. The van der Waals surface area contributed by atoms with Gasteiger partial charge in [0.15, 0.2) is 0 Å². The van der Waals surface area contributed by atoms with Gasteiger partial charge in [0.1, 0.15) is 23.3 Å². The molecule has 3 amide bonds. The number of nitrogens with two attached hydrogens (primary N) is 1. The van der Waals surface area contributed by atoms with E-state index in [1.807, 2.05) is 47.3 Å². The van der Waals surface area contributed by atoms with Gasteiger partial charge >= 0.3 is 6.09 Å². The molecule has 12 heteroatoms. The van der Waals surface area contributed by atoms with Gasteiger partial charge < -0.3 is 30.2 Å². The van der Waals surface area contributed by atoms with Gasteiger partial charge in [-0.1, -0.05) is 99.1 Å². The van der Waals surface area contributed by atoms with Gasteiger partial charge in [-0.25, -0.2) is 14.8 Å². The average Bonchev–Trinajstić information content (AvgIpc) is 4.10. The number of carbonyl (C=O) groups is 3. The van der Waals surface area contributed by atoms with Gasteiger partial charge in [-0.15, -0.1) is 0 Å². The first-order valence-electron chi connectivity index (χ1n) is 21.4. The summed E-state index contributed by atoms with van der Waals surface area (Å²) in [7, 11) is 0. The van der Waals surface area contributed by atoms with Gasteiger partial charge in [0.25, 0.3) is 0 Å². The highest BCUT2D eigenvalue weighted by Gasteiger charge is 2.47. The number of carbonyl (C=O) groups excluding carboxylic acids is 3. The molecule has 3 fully saturated rings. The van der Waals surface area contributed by atoms with Gasteiger partial charge in [0, 0.05) is 13.1 Å². The third-order valence-electron chi connectivity index (χ3n) is 12.9. The molecule has 8 rings (SSSR count). The molecule has 2 saturated heterocycles. The molecule has 1 saturated carbocycles. The molecule has 2 aliphatic heterocycles. The molecule has 0 radical (unpaired) electrons. The van der Waals surface area contributed by atoms with E-state index in [-0.39, 0.29) is 29.9 Å². The van der Waals surface area contributed by atoms with Crippen molar-refractivity contribution in [2.75, 3.05) is 26.2 Å². The number of imidazole rings is 2. The molecule has 2 aromatic heterocycles. The summed E-state index contributed by atoms with van der Waals surface area (Å²) in [5.41, 5.74) is 11.6. The van der Waals surface area contributed by atoms with Crippen molar-refractivity contribution < 1.29 is 19.1 Å². The number of aromatic amines is 2. The van der Waals surface area contributed by atoms with E-state index in [0.717, 1.165) is 109 Å². The van der Waals surface area contributed by atoms with Crippen molar-refractivity contribution in [2.24, 2.45) is 11.7 Å². The van der Waals surface area contributed by atoms with E-state index in [9.17, 15) is 14.4 Å². The highest BCUT2D eigenvalue weighted by Crippen LogP contribution is 2.42. The lowest BCUT2D eigenvalue weighted by molar-refractivity contribution is -0.148. The van der Waals surface area contributed by atoms with Gasteiger partial charge in [-0.05, 0) is 92.8 Å². The number of primary amides is 1. The lowest BCUT2D eigenvalue weighted by atomic mass is 9.75. The zero-order chi connectivity index (χ0) is 41.1. The van der Waals surface area contributed by atoms with Crippen LogP contribution in [0.2, 0.25) is 0 Å². The summed E-state index contributed by atoms with van der Waals surface area (Å²) in [6.07, 6.45) is 9.51. The molecule has 4 heterocycles. The molecule has 12 nitrogen and oxygen atoms in total. The number of likely N-dealkylation sites (tertiary alicyclic amines) is 2. The number of hydrogen-bond acceptors (Lipinski definition) is 7. The minimum atomic E-state index is -0.896. The highest BCUT2D eigenvalue weighted by molar-refractivity contribution is 5.84. The van der Waals surface area contributed by atoms with E-state index in [0.29, 0.717) is 19.4 Å². The summed E-state index contributed by atoms with van der Waals surface area (Å²) in [6.45, 7) is 9.01. The largest absolute Gasteiger partial charge is 0.443 e. The normalized spacial score (nSPS) is 22.5. The number of likely N-dealkylation sites (N-methyl/N-ethyl adjacent to an activating group) is 1. The number of amides is 3. The smallest absolute Gasteiger partial charge is 0.405 e. The Morgan fingerprint density at radius 3 is 1.81 bits per heavy atom. The van der Waals surface area contributed by atoms with Crippen molar-refractivity contribution >= 4 is 17.9 Å². The third kappa shape index (κ3) is 8.15. The number of rotatable bonds is 12. The fourth-order valence-corrected chi connectivity index (χ4v) is 9.75. The van der Waals surface area contributed by atoms with Crippen LogP contribution in [0, 0.1) is 5.92 Å². The topological polar surface area (TPSA) is 154 Å². The Morgan fingerprint density at radius 2 is 1.27 bits per heavy atom. The van der Waals surface area contributed by atoms with E-state index >= 15 is 0 Å². The number of benzene rings is 3. The first-order chi connectivity index (χ1) is 28.7. The predicted molar refractivity (Wildman–Crippen MR) is 228 cm³/mol. The minimum absolute atomic E-state index is 0.00723. The Kier molecular flexibility index (Phi) is 11.7. The third-order valence-corrected chi connectivity index (χ3v) is 12.9. The van der Waals surface area contributed by atoms with Crippen LogP contribution < -0.4 is 5.73 Å². The zero-order valence-electron chi connectivity index (χ0n) is 34.4. The van der Waals surface area contributed by atoms with Crippen molar-refractivity contribution in [1.29, 1.82) is 0 Å². The van der Waals surface area contributed by atoms with E-state index in [4.69, 9.17) is 20.4 Å². The van der Waals surface area contributed by atoms with Crippen LogP contribution in [0.3, 0.4) is 0 Å². The quantitative estimate of drug-likeness (QED) is 0.114. The molecule has 5 aromatic rings. The monoisotopic (exact) mass is 796 g/mol. The zero-order valence-corrected chi connectivity index (χ0v) is 34.4.